The molecular formula is C18H17ClFN3OS. The van der Waals surface area contributed by atoms with E-state index in [1.54, 1.807) is 6.07 Å². The number of amides is 1. The van der Waals surface area contributed by atoms with Gasteiger partial charge in [0, 0.05) is 30.9 Å². The molecule has 2 aromatic rings. The SMILES string of the molecule is O=C1CCCN1c1ccc(CNC(=S)Nc2ccc(F)c(Cl)c2)cc1. The van der Waals surface area contributed by atoms with Crippen molar-refractivity contribution in [3.05, 3.63) is 58.9 Å². The number of hydrogen-bond acceptors (Lipinski definition) is 2. The standard InChI is InChI=1S/C18H17ClFN3OS/c19-15-10-13(5-8-16(15)20)22-18(25)21-11-12-3-6-14(7-4-12)23-9-1-2-17(23)24/h3-8,10H,1-2,9,11H2,(H2,21,22,25). The van der Waals surface area contributed by atoms with Crippen LogP contribution >= 0.6 is 23.8 Å². The van der Waals surface area contributed by atoms with E-state index in [1.807, 2.05) is 29.2 Å². The van der Waals surface area contributed by atoms with Gasteiger partial charge >= 0.3 is 0 Å². The highest BCUT2D eigenvalue weighted by Gasteiger charge is 2.21. The monoisotopic (exact) mass is 377 g/mol. The van der Waals surface area contributed by atoms with Crippen LogP contribution in [0.3, 0.4) is 0 Å². The van der Waals surface area contributed by atoms with Crippen molar-refractivity contribution < 1.29 is 9.18 Å². The lowest BCUT2D eigenvalue weighted by molar-refractivity contribution is -0.117. The summed E-state index contributed by atoms with van der Waals surface area (Å²) in [5.41, 5.74) is 2.58. The molecule has 3 rings (SSSR count). The van der Waals surface area contributed by atoms with Crippen molar-refractivity contribution >= 4 is 46.2 Å². The Kier molecular flexibility index (Phi) is 5.50. The fraction of sp³-hybridized carbons (Fsp3) is 0.222. The smallest absolute Gasteiger partial charge is 0.227 e. The Morgan fingerprint density at radius 1 is 1.24 bits per heavy atom. The maximum Gasteiger partial charge on any atom is 0.227 e. The predicted molar refractivity (Wildman–Crippen MR) is 102 cm³/mol. The normalized spacial score (nSPS) is 13.8. The Morgan fingerprint density at radius 3 is 2.64 bits per heavy atom. The lowest BCUT2D eigenvalue weighted by atomic mass is 10.2. The Morgan fingerprint density at radius 2 is 2.00 bits per heavy atom. The first-order chi connectivity index (χ1) is 12.0. The molecular weight excluding hydrogens is 361 g/mol. The van der Waals surface area contributed by atoms with Crippen LogP contribution in [-0.4, -0.2) is 17.6 Å². The first-order valence-corrected chi connectivity index (χ1v) is 8.71. The first kappa shape index (κ1) is 17.6. The fourth-order valence-electron chi connectivity index (χ4n) is 2.65. The Labute approximate surface area is 156 Å². The number of nitrogens with zero attached hydrogens (tertiary/aromatic N) is 1. The van der Waals surface area contributed by atoms with Crippen molar-refractivity contribution in [2.75, 3.05) is 16.8 Å². The zero-order chi connectivity index (χ0) is 17.8. The number of hydrogen-bond donors (Lipinski definition) is 2. The second kappa shape index (κ2) is 7.80. The molecule has 2 aromatic carbocycles. The largest absolute Gasteiger partial charge is 0.358 e. The molecule has 2 N–H and O–H groups in total. The van der Waals surface area contributed by atoms with Crippen LogP contribution in [0.2, 0.25) is 5.02 Å². The average Bonchev–Trinajstić information content (AvgIpc) is 3.03. The maximum atomic E-state index is 13.1. The first-order valence-electron chi connectivity index (χ1n) is 7.92. The molecule has 1 heterocycles. The van der Waals surface area contributed by atoms with E-state index in [0.717, 1.165) is 24.2 Å². The maximum absolute atomic E-state index is 13.1. The summed E-state index contributed by atoms with van der Waals surface area (Å²) in [6, 6.07) is 12.1. The van der Waals surface area contributed by atoms with Gasteiger partial charge in [-0.05, 0) is 54.5 Å². The van der Waals surface area contributed by atoms with E-state index >= 15 is 0 Å². The molecule has 1 aliphatic rings. The van der Waals surface area contributed by atoms with Crippen molar-refractivity contribution in [1.82, 2.24) is 5.32 Å². The van der Waals surface area contributed by atoms with Crippen LogP contribution in [0.4, 0.5) is 15.8 Å². The highest BCUT2D eigenvalue weighted by Crippen LogP contribution is 2.22. The topological polar surface area (TPSA) is 44.4 Å². The molecule has 0 bridgehead atoms. The van der Waals surface area contributed by atoms with Crippen LogP contribution in [0.5, 0.6) is 0 Å². The molecule has 130 valence electrons. The van der Waals surface area contributed by atoms with Gasteiger partial charge < -0.3 is 15.5 Å². The zero-order valence-corrected chi connectivity index (χ0v) is 15.0. The molecule has 0 aliphatic carbocycles. The Bertz CT molecular complexity index is 797. The summed E-state index contributed by atoms with van der Waals surface area (Å²) in [5, 5.41) is 6.50. The van der Waals surface area contributed by atoms with E-state index in [9.17, 15) is 9.18 Å². The number of benzene rings is 2. The van der Waals surface area contributed by atoms with Gasteiger partial charge in [0.05, 0.1) is 5.02 Å². The van der Waals surface area contributed by atoms with Gasteiger partial charge in [-0.1, -0.05) is 23.7 Å². The quantitative estimate of drug-likeness (QED) is 0.787. The Balaban J connectivity index is 1.53. The average molecular weight is 378 g/mol. The minimum absolute atomic E-state index is 0.0415. The third kappa shape index (κ3) is 4.46. The van der Waals surface area contributed by atoms with Gasteiger partial charge in [0.2, 0.25) is 5.91 Å². The lowest BCUT2D eigenvalue weighted by Gasteiger charge is -2.16. The van der Waals surface area contributed by atoms with Gasteiger partial charge in [-0.2, -0.15) is 0 Å². The highest BCUT2D eigenvalue weighted by atomic mass is 35.5. The van der Waals surface area contributed by atoms with Crippen LogP contribution < -0.4 is 15.5 Å². The predicted octanol–water partition coefficient (Wildman–Crippen LogP) is 4.09. The molecule has 1 aliphatic heterocycles. The van der Waals surface area contributed by atoms with E-state index in [-0.39, 0.29) is 10.9 Å². The summed E-state index contributed by atoms with van der Waals surface area (Å²) in [7, 11) is 0. The fourth-order valence-corrected chi connectivity index (χ4v) is 3.02. The van der Waals surface area contributed by atoms with Crippen molar-refractivity contribution in [2.24, 2.45) is 0 Å². The summed E-state index contributed by atoms with van der Waals surface area (Å²) in [6.07, 6.45) is 1.53. The summed E-state index contributed by atoms with van der Waals surface area (Å²) in [4.78, 5) is 13.6. The lowest BCUT2D eigenvalue weighted by Crippen LogP contribution is -2.28. The van der Waals surface area contributed by atoms with Gasteiger partial charge in [0.25, 0.3) is 0 Å². The van der Waals surface area contributed by atoms with Crippen molar-refractivity contribution in [2.45, 2.75) is 19.4 Å². The molecule has 0 aromatic heterocycles. The minimum atomic E-state index is -0.470. The number of halogens is 2. The minimum Gasteiger partial charge on any atom is -0.358 e. The molecule has 1 fully saturated rings. The number of carbonyl (C=O) groups excluding carboxylic acids is 1. The number of rotatable bonds is 4. The molecule has 0 saturated carbocycles. The van der Waals surface area contributed by atoms with Crippen LogP contribution in [0.15, 0.2) is 42.5 Å². The van der Waals surface area contributed by atoms with Gasteiger partial charge in [-0.25, -0.2) is 4.39 Å². The van der Waals surface area contributed by atoms with Gasteiger partial charge in [0.1, 0.15) is 5.82 Å². The van der Waals surface area contributed by atoms with E-state index in [4.69, 9.17) is 23.8 Å². The second-order valence-electron chi connectivity index (χ2n) is 5.75. The second-order valence-corrected chi connectivity index (χ2v) is 6.57. The number of thiocarbonyl (C=S) groups is 1. The zero-order valence-electron chi connectivity index (χ0n) is 13.4. The summed E-state index contributed by atoms with van der Waals surface area (Å²) in [5.74, 6) is -0.295. The number of carbonyl (C=O) groups is 1. The van der Waals surface area contributed by atoms with Crippen molar-refractivity contribution in [3.8, 4) is 0 Å². The number of anilines is 2. The van der Waals surface area contributed by atoms with Gasteiger partial charge in [-0.15, -0.1) is 0 Å². The summed E-state index contributed by atoms with van der Waals surface area (Å²) < 4.78 is 13.1. The van der Waals surface area contributed by atoms with Gasteiger partial charge in [-0.3, -0.25) is 4.79 Å². The molecule has 0 spiro atoms. The third-order valence-corrected chi connectivity index (χ3v) is 4.49. The highest BCUT2D eigenvalue weighted by molar-refractivity contribution is 7.80. The molecule has 0 unspecified atom stereocenters. The van der Waals surface area contributed by atoms with Crippen molar-refractivity contribution in [3.63, 3.8) is 0 Å². The third-order valence-electron chi connectivity index (χ3n) is 3.95. The number of nitrogens with one attached hydrogen (secondary N) is 2. The molecule has 25 heavy (non-hydrogen) atoms. The van der Waals surface area contributed by atoms with Crippen molar-refractivity contribution in [1.29, 1.82) is 0 Å². The molecule has 0 atom stereocenters. The van der Waals surface area contributed by atoms with E-state index in [0.29, 0.717) is 23.8 Å². The molecule has 7 heteroatoms. The summed E-state index contributed by atoms with van der Waals surface area (Å²) in [6.45, 7) is 1.32. The molecule has 1 amide bonds. The van der Waals surface area contributed by atoms with Crippen LogP contribution in [0.1, 0.15) is 18.4 Å². The molecule has 0 radical (unpaired) electrons. The van der Waals surface area contributed by atoms with E-state index < -0.39 is 5.82 Å². The van der Waals surface area contributed by atoms with Gasteiger partial charge in [0.15, 0.2) is 5.11 Å². The van der Waals surface area contributed by atoms with E-state index in [1.165, 1.54) is 12.1 Å². The van der Waals surface area contributed by atoms with Crippen LogP contribution in [0, 0.1) is 5.82 Å². The molecule has 4 nitrogen and oxygen atoms in total. The van der Waals surface area contributed by atoms with Crippen LogP contribution in [-0.2, 0) is 11.3 Å². The van der Waals surface area contributed by atoms with E-state index in [2.05, 4.69) is 10.6 Å². The summed E-state index contributed by atoms with van der Waals surface area (Å²) >= 11 is 11.0. The Hall–Kier alpha value is -2.18. The molecule has 1 saturated heterocycles. The van der Waals surface area contributed by atoms with Crippen LogP contribution in [0.25, 0.3) is 0 Å².